The largest absolute Gasteiger partial charge is 0.467 e. The van der Waals surface area contributed by atoms with E-state index >= 15 is 0 Å². The summed E-state index contributed by atoms with van der Waals surface area (Å²) in [5.41, 5.74) is 1.16. The molecular formula is C25H38N2O4. The zero-order valence-corrected chi connectivity index (χ0v) is 18.6. The molecule has 4 rings (SSSR count). The summed E-state index contributed by atoms with van der Waals surface area (Å²) in [5.74, 6) is 0.175. The van der Waals surface area contributed by atoms with Gasteiger partial charge in [0.1, 0.15) is 6.04 Å². The number of fused-ring (bicyclic) bond motifs is 1. The number of methoxy groups -OCH3 is 1. The molecule has 1 aromatic carbocycles. The number of nitrogens with zero attached hydrogens (tertiary/aromatic N) is 2. The molecule has 6 nitrogen and oxygen atoms in total. The smallest absolute Gasteiger partial charge is 0.328 e. The average molecular weight is 431 g/mol. The first kappa shape index (κ1) is 21.8. The molecule has 1 aliphatic carbocycles. The van der Waals surface area contributed by atoms with Gasteiger partial charge in [-0.15, -0.1) is 0 Å². The van der Waals surface area contributed by atoms with Crippen molar-refractivity contribution in [3.05, 3.63) is 35.4 Å². The van der Waals surface area contributed by atoms with Crippen LogP contribution in [0.2, 0.25) is 0 Å². The van der Waals surface area contributed by atoms with Crippen LogP contribution in [-0.2, 0) is 9.53 Å². The van der Waals surface area contributed by atoms with Gasteiger partial charge in [-0.25, -0.2) is 4.79 Å². The number of hydrogen-bond donors (Lipinski definition) is 0. The summed E-state index contributed by atoms with van der Waals surface area (Å²) in [6.07, 6.45) is 11.0. The lowest BCUT2D eigenvalue weighted by atomic mass is 9.90. The third kappa shape index (κ3) is 4.63. The van der Waals surface area contributed by atoms with E-state index in [0.717, 1.165) is 25.8 Å². The maximum absolute atomic E-state index is 13.4. The van der Waals surface area contributed by atoms with Crippen molar-refractivity contribution in [3.8, 4) is 0 Å². The Morgan fingerprint density at radius 1 is 0.774 bits per heavy atom. The molecule has 0 aromatic heterocycles. The summed E-state index contributed by atoms with van der Waals surface area (Å²) in [6, 6.07) is 6.84. The van der Waals surface area contributed by atoms with Crippen LogP contribution in [0.4, 0.5) is 0 Å². The van der Waals surface area contributed by atoms with Crippen LogP contribution in [-0.4, -0.2) is 59.9 Å². The quantitative estimate of drug-likeness (QED) is 0.661. The van der Waals surface area contributed by atoms with Crippen molar-refractivity contribution in [3.63, 3.8) is 0 Å². The van der Waals surface area contributed by atoms with Gasteiger partial charge >= 0.3 is 5.97 Å². The molecule has 1 saturated carbocycles. The molecule has 2 heterocycles. The fourth-order valence-electron chi connectivity index (χ4n) is 5.70. The number of ether oxygens (including phenoxy) is 1. The van der Waals surface area contributed by atoms with E-state index in [1.807, 2.05) is 0 Å². The van der Waals surface area contributed by atoms with Crippen LogP contribution < -0.4 is 0 Å². The Morgan fingerprint density at radius 3 is 2.03 bits per heavy atom. The number of benzene rings is 1. The number of carbonyl (C=O) groups excluding carboxylic acids is 3. The third-order valence-electron chi connectivity index (χ3n) is 7.37. The van der Waals surface area contributed by atoms with E-state index in [9.17, 15) is 14.4 Å². The summed E-state index contributed by atoms with van der Waals surface area (Å²) >= 11 is 0. The Balaban J connectivity index is 0.00000193. The zero-order valence-electron chi connectivity index (χ0n) is 18.6. The summed E-state index contributed by atoms with van der Waals surface area (Å²) in [4.78, 5) is 42.1. The lowest BCUT2D eigenvalue weighted by molar-refractivity contribution is -0.145. The molecule has 172 valence electrons. The van der Waals surface area contributed by atoms with Crippen molar-refractivity contribution in [2.24, 2.45) is 5.92 Å². The molecule has 0 bridgehead atoms. The maximum atomic E-state index is 13.4. The predicted molar refractivity (Wildman–Crippen MR) is 122 cm³/mol. The van der Waals surface area contributed by atoms with E-state index in [-0.39, 0.29) is 20.6 Å². The summed E-state index contributed by atoms with van der Waals surface area (Å²) < 4.78 is 4.85. The van der Waals surface area contributed by atoms with E-state index in [1.165, 1.54) is 45.6 Å². The molecule has 2 amide bonds. The van der Waals surface area contributed by atoms with Gasteiger partial charge in [0.25, 0.3) is 11.8 Å². The van der Waals surface area contributed by atoms with Gasteiger partial charge in [0, 0.05) is 33.1 Å². The molecule has 3 aliphatic rings. The van der Waals surface area contributed by atoms with Crippen molar-refractivity contribution in [2.75, 3.05) is 20.2 Å². The summed E-state index contributed by atoms with van der Waals surface area (Å²) in [5, 5.41) is 0. The topological polar surface area (TPSA) is 66.9 Å². The first-order chi connectivity index (χ1) is 15.1. The number of hydrogen-bond acceptors (Lipinski definition) is 4. The molecule has 3 atom stereocenters. The Hall–Kier alpha value is -2.37. The van der Waals surface area contributed by atoms with E-state index in [1.54, 1.807) is 29.2 Å². The molecule has 1 aromatic rings. The number of esters is 1. The average Bonchev–Trinajstić information content (AvgIpc) is 3.06. The Labute approximate surface area is 187 Å². The monoisotopic (exact) mass is 430 g/mol. The number of rotatable bonds is 3. The molecule has 0 N–H and O–H groups in total. The Kier molecular flexibility index (Phi) is 6.93. The number of carbonyl (C=O) groups is 3. The number of amides is 2. The second-order valence-corrected chi connectivity index (χ2v) is 9.22. The van der Waals surface area contributed by atoms with Crippen LogP contribution in [0.3, 0.4) is 0 Å². The van der Waals surface area contributed by atoms with Gasteiger partial charge in [-0.3, -0.25) is 9.59 Å². The van der Waals surface area contributed by atoms with E-state index in [4.69, 9.17) is 4.74 Å². The molecule has 2 aliphatic heterocycles. The van der Waals surface area contributed by atoms with Crippen LogP contribution in [0.25, 0.3) is 0 Å². The highest BCUT2D eigenvalue weighted by Gasteiger charge is 2.36. The van der Waals surface area contributed by atoms with Crippen LogP contribution in [0.1, 0.15) is 87.8 Å². The van der Waals surface area contributed by atoms with Gasteiger partial charge in [0.05, 0.1) is 7.11 Å². The van der Waals surface area contributed by atoms with Gasteiger partial charge in [0.2, 0.25) is 0 Å². The minimum absolute atomic E-state index is 0. The van der Waals surface area contributed by atoms with Crippen LogP contribution in [0, 0.1) is 5.92 Å². The van der Waals surface area contributed by atoms with Crippen LogP contribution in [0.5, 0.6) is 0 Å². The van der Waals surface area contributed by atoms with Crippen molar-refractivity contribution >= 4 is 17.8 Å². The normalized spacial score (nSPS) is 26.5. The minimum Gasteiger partial charge on any atom is -0.467 e. The molecular weight excluding hydrogens is 392 g/mol. The fraction of sp³-hybridized carbons (Fsp3) is 0.640. The highest BCUT2D eigenvalue weighted by Crippen LogP contribution is 2.34. The van der Waals surface area contributed by atoms with Gasteiger partial charge < -0.3 is 14.5 Å². The lowest BCUT2D eigenvalue weighted by Gasteiger charge is -2.34. The maximum Gasteiger partial charge on any atom is 0.328 e. The van der Waals surface area contributed by atoms with Gasteiger partial charge in [-0.1, -0.05) is 25.7 Å². The van der Waals surface area contributed by atoms with Gasteiger partial charge in [0.15, 0.2) is 0 Å². The summed E-state index contributed by atoms with van der Waals surface area (Å²) in [7, 11) is 1.35. The minimum atomic E-state index is -0.511. The highest BCUT2D eigenvalue weighted by atomic mass is 16.5. The Bertz CT molecular complexity index is 815. The SMILES string of the molecule is COC(=O)C1CCCN1C(=O)c1ccc(C(=O)N2CCCCC3CCCCCC32)cc1.[HH].[HH]. The van der Waals surface area contributed by atoms with Crippen molar-refractivity contribution < 1.29 is 22.0 Å². The van der Waals surface area contributed by atoms with Crippen molar-refractivity contribution in [2.45, 2.75) is 76.3 Å². The van der Waals surface area contributed by atoms with Gasteiger partial charge in [-0.2, -0.15) is 0 Å². The molecule has 6 heteroatoms. The Morgan fingerprint density at radius 2 is 1.35 bits per heavy atom. The van der Waals surface area contributed by atoms with Gasteiger partial charge in [-0.05, 0) is 68.7 Å². The third-order valence-corrected chi connectivity index (χ3v) is 7.37. The van der Waals surface area contributed by atoms with E-state index < -0.39 is 6.04 Å². The van der Waals surface area contributed by atoms with Crippen LogP contribution >= 0.6 is 0 Å². The second kappa shape index (κ2) is 9.84. The molecule has 2 saturated heterocycles. The molecule has 0 radical (unpaired) electrons. The fourth-order valence-corrected chi connectivity index (χ4v) is 5.70. The first-order valence-electron chi connectivity index (χ1n) is 11.9. The second-order valence-electron chi connectivity index (χ2n) is 9.22. The number of likely N-dealkylation sites (tertiary alicyclic amines) is 2. The molecule has 3 unspecified atom stereocenters. The standard InChI is InChI=1S/C25H34N2O4.2H2/c1-31-25(30)22-11-7-17-27(22)24(29)20-14-12-19(13-15-20)23(28)26-16-6-5-9-18-8-3-2-4-10-21(18)26;;/h12-15,18,21-22H,2-11,16-17H2,1H3;2*1H. The van der Waals surface area contributed by atoms with Crippen molar-refractivity contribution in [1.29, 1.82) is 0 Å². The lowest BCUT2D eigenvalue weighted by Crippen LogP contribution is -2.43. The zero-order chi connectivity index (χ0) is 21.8. The van der Waals surface area contributed by atoms with Crippen molar-refractivity contribution in [1.82, 2.24) is 9.80 Å². The summed E-state index contributed by atoms with van der Waals surface area (Å²) in [6.45, 7) is 1.38. The van der Waals surface area contributed by atoms with E-state index in [2.05, 4.69) is 4.90 Å². The van der Waals surface area contributed by atoms with E-state index in [0.29, 0.717) is 36.1 Å². The van der Waals surface area contributed by atoms with Crippen LogP contribution in [0.15, 0.2) is 24.3 Å². The predicted octanol–water partition coefficient (Wildman–Crippen LogP) is 4.53. The molecule has 0 spiro atoms. The first-order valence-corrected chi connectivity index (χ1v) is 11.9. The molecule has 31 heavy (non-hydrogen) atoms. The highest BCUT2D eigenvalue weighted by molar-refractivity contribution is 5.99. The molecule has 3 fully saturated rings.